The lowest BCUT2D eigenvalue weighted by Crippen LogP contribution is -2.35. The molecule has 29 heavy (non-hydrogen) atoms. The molecule has 0 fully saturated rings. The van der Waals surface area contributed by atoms with E-state index in [1.54, 1.807) is 0 Å². The Bertz CT molecular complexity index is 870. The molecule has 0 spiro atoms. The van der Waals surface area contributed by atoms with Gasteiger partial charge in [-0.2, -0.15) is 0 Å². The first-order valence-electron chi connectivity index (χ1n) is 9.41. The lowest BCUT2D eigenvalue weighted by molar-refractivity contribution is -0.125. The number of halogens is 1. The topological polar surface area (TPSA) is 86.8 Å². The fraction of sp³-hybridized carbons (Fsp3) is 0.381. The van der Waals surface area contributed by atoms with Crippen LogP contribution in [-0.4, -0.2) is 36.7 Å². The average molecular weight is 419 g/mol. The van der Waals surface area contributed by atoms with Crippen LogP contribution in [0.3, 0.4) is 0 Å². The van der Waals surface area contributed by atoms with Crippen molar-refractivity contribution in [2.24, 2.45) is 5.92 Å². The second kappa shape index (κ2) is 9.60. The highest BCUT2D eigenvalue weighted by atomic mass is 35.5. The van der Waals surface area contributed by atoms with Crippen LogP contribution in [0.5, 0.6) is 11.5 Å². The summed E-state index contributed by atoms with van der Waals surface area (Å²) in [6, 6.07) is 8.35. The molecule has 0 unspecified atom stereocenters. The maximum atomic E-state index is 12.4. The summed E-state index contributed by atoms with van der Waals surface area (Å²) < 4.78 is 16.5. The number of carbonyl (C=O) groups is 2. The summed E-state index contributed by atoms with van der Waals surface area (Å²) in [5.74, 6) is 0.444. The summed E-state index contributed by atoms with van der Waals surface area (Å²) >= 11 is 5.70. The number of fused-ring (bicyclic) bond motifs is 1. The fourth-order valence-corrected chi connectivity index (χ4v) is 3.05. The normalized spacial score (nSPS) is 14.1. The van der Waals surface area contributed by atoms with E-state index in [-0.39, 0.29) is 22.7 Å². The van der Waals surface area contributed by atoms with Gasteiger partial charge in [0.2, 0.25) is 0 Å². The number of amides is 1. The Morgan fingerprint density at radius 2 is 1.93 bits per heavy atom. The lowest BCUT2D eigenvalue weighted by Gasteiger charge is -2.23. The molecule has 2 aromatic rings. The van der Waals surface area contributed by atoms with Gasteiger partial charge in [0.15, 0.2) is 18.1 Å². The molecule has 3 rings (SSSR count). The molecule has 0 saturated carbocycles. The highest BCUT2D eigenvalue weighted by Gasteiger charge is 2.22. The van der Waals surface area contributed by atoms with Gasteiger partial charge in [-0.3, -0.25) is 4.79 Å². The lowest BCUT2D eigenvalue weighted by atomic mass is 9.95. The minimum atomic E-state index is -0.638. The van der Waals surface area contributed by atoms with E-state index in [2.05, 4.69) is 10.3 Å². The van der Waals surface area contributed by atoms with Crippen LogP contribution in [0, 0.1) is 5.92 Å². The Morgan fingerprint density at radius 1 is 1.17 bits per heavy atom. The van der Waals surface area contributed by atoms with E-state index >= 15 is 0 Å². The Hall–Kier alpha value is -2.80. The van der Waals surface area contributed by atoms with Gasteiger partial charge in [0, 0.05) is 12.6 Å². The smallest absolute Gasteiger partial charge is 0.340 e. The first-order valence-corrected chi connectivity index (χ1v) is 9.79. The number of ether oxygens (including phenoxy) is 3. The van der Waals surface area contributed by atoms with E-state index < -0.39 is 18.5 Å². The summed E-state index contributed by atoms with van der Waals surface area (Å²) in [6.45, 7) is 4.81. The van der Waals surface area contributed by atoms with Crippen molar-refractivity contribution in [3.8, 4) is 11.5 Å². The van der Waals surface area contributed by atoms with Crippen molar-refractivity contribution in [2.75, 3.05) is 19.8 Å². The summed E-state index contributed by atoms with van der Waals surface area (Å²) in [7, 11) is 0. The number of carbonyl (C=O) groups excluding carboxylic acids is 2. The van der Waals surface area contributed by atoms with Crippen LogP contribution < -0.4 is 14.8 Å². The Labute approximate surface area is 174 Å². The van der Waals surface area contributed by atoms with Crippen molar-refractivity contribution in [3.63, 3.8) is 0 Å². The van der Waals surface area contributed by atoms with Gasteiger partial charge in [0.1, 0.15) is 5.15 Å². The molecule has 1 amide bonds. The molecule has 8 heteroatoms. The minimum Gasteiger partial charge on any atom is -0.490 e. The van der Waals surface area contributed by atoms with Crippen molar-refractivity contribution in [2.45, 2.75) is 26.3 Å². The molecule has 2 heterocycles. The number of rotatable bonds is 6. The molecule has 1 atom stereocenters. The van der Waals surface area contributed by atoms with Crippen LogP contribution in [0.1, 0.15) is 42.2 Å². The average Bonchev–Trinajstić information content (AvgIpc) is 2.95. The van der Waals surface area contributed by atoms with E-state index in [4.69, 9.17) is 25.8 Å². The monoisotopic (exact) mass is 418 g/mol. The van der Waals surface area contributed by atoms with Crippen LogP contribution in [0.4, 0.5) is 0 Å². The predicted molar refractivity (Wildman–Crippen MR) is 107 cm³/mol. The zero-order valence-electron chi connectivity index (χ0n) is 16.3. The number of aromatic nitrogens is 1. The summed E-state index contributed by atoms with van der Waals surface area (Å²) in [5.41, 5.74) is 1.12. The number of nitrogens with zero attached hydrogens (tertiary/aromatic N) is 1. The molecule has 0 saturated heterocycles. The van der Waals surface area contributed by atoms with Gasteiger partial charge in [-0.25, -0.2) is 9.78 Å². The third-order valence-electron chi connectivity index (χ3n) is 4.41. The standard InChI is InChI=1S/C21H23ClN2O5/c1-13(2)20(14-4-6-16-17(10-14)28-9-3-8-27-16)24-19(25)12-29-21(26)15-5-7-18(22)23-11-15/h4-7,10-11,13,20H,3,8-9,12H2,1-2H3,(H,24,25)/t20-/m1/s1. The van der Waals surface area contributed by atoms with E-state index in [0.29, 0.717) is 24.7 Å². The van der Waals surface area contributed by atoms with Crippen LogP contribution in [0.2, 0.25) is 5.15 Å². The Kier molecular flexibility index (Phi) is 6.93. The number of nitrogens with one attached hydrogen (secondary N) is 1. The van der Waals surface area contributed by atoms with Gasteiger partial charge >= 0.3 is 5.97 Å². The molecule has 0 bridgehead atoms. The van der Waals surface area contributed by atoms with Crippen molar-refractivity contribution >= 4 is 23.5 Å². The van der Waals surface area contributed by atoms with Crippen molar-refractivity contribution < 1.29 is 23.8 Å². The largest absolute Gasteiger partial charge is 0.490 e. The number of pyridine rings is 1. The molecule has 1 aromatic carbocycles. The molecule has 154 valence electrons. The highest BCUT2D eigenvalue weighted by Crippen LogP contribution is 2.34. The molecule has 7 nitrogen and oxygen atoms in total. The van der Waals surface area contributed by atoms with E-state index in [9.17, 15) is 9.59 Å². The van der Waals surface area contributed by atoms with Gasteiger partial charge < -0.3 is 19.5 Å². The van der Waals surface area contributed by atoms with E-state index in [0.717, 1.165) is 12.0 Å². The Balaban J connectivity index is 1.63. The minimum absolute atomic E-state index is 0.111. The van der Waals surface area contributed by atoms with Gasteiger partial charge in [-0.1, -0.05) is 31.5 Å². The quantitative estimate of drug-likeness (QED) is 0.570. The van der Waals surface area contributed by atoms with Crippen molar-refractivity contribution in [3.05, 3.63) is 52.8 Å². The molecule has 0 aliphatic carbocycles. The van der Waals surface area contributed by atoms with Crippen LogP contribution >= 0.6 is 11.6 Å². The van der Waals surface area contributed by atoms with Crippen molar-refractivity contribution in [1.82, 2.24) is 10.3 Å². The molecule has 0 radical (unpaired) electrons. The van der Waals surface area contributed by atoms with Gasteiger partial charge in [-0.05, 0) is 35.7 Å². The highest BCUT2D eigenvalue weighted by molar-refractivity contribution is 6.29. The number of benzene rings is 1. The molecule has 1 N–H and O–H groups in total. The van der Waals surface area contributed by atoms with Crippen LogP contribution in [-0.2, 0) is 9.53 Å². The fourth-order valence-electron chi connectivity index (χ4n) is 2.93. The van der Waals surface area contributed by atoms with Crippen LogP contribution in [0.25, 0.3) is 0 Å². The molecule has 1 aliphatic heterocycles. The van der Waals surface area contributed by atoms with Gasteiger partial charge in [-0.15, -0.1) is 0 Å². The molecular weight excluding hydrogens is 396 g/mol. The number of hydrogen-bond acceptors (Lipinski definition) is 6. The Morgan fingerprint density at radius 3 is 2.62 bits per heavy atom. The molecule has 1 aromatic heterocycles. The summed E-state index contributed by atoms with van der Waals surface area (Å²) in [5, 5.41) is 3.19. The predicted octanol–water partition coefficient (Wildman–Crippen LogP) is 3.57. The first-order chi connectivity index (χ1) is 13.9. The maximum Gasteiger partial charge on any atom is 0.340 e. The van der Waals surface area contributed by atoms with Crippen molar-refractivity contribution in [1.29, 1.82) is 0 Å². The second-order valence-electron chi connectivity index (χ2n) is 6.99. The molecule has 1 aliphatic rings. The van der Waals surface area contributed by atoms with Gasteiger partial charge in [0.25, 0.3) is 5.91 Å². The van der Waals surface area contributed by atoms with E-state index in [1.165, 1.54) is 18.3 Å². The first kappa shape index (κ1) is 20.9. The number of hydrogen-bond donors (Lipinski definition) is 1. The molecular formula is C21H23ClN2O5. The summed E-state index contributed by atoms with van der Waals surface area (Å²) in [6.07, 6.45) is 2.13. The SMILES string of the molecule is CC(C)[C@@H](NC(=O)COC(=O)c1ccc(Cl)nc1)c1ccc2c(c1)OCCCO2. The zero-order valence-corrected chi connectivity index (χ0v) is 17.1. The zero-order chi connectivity index (χ0) is 20.8. The summed E-state index contributed by atoms with van der Waals surface area (Å²) in [4.78, 5) is 28.2. The van der Waals surface area contributed by atoms with Gasteiger partial charge in [0.05, 0.1) is 24.8 Å². The number of esters is 1. The maximum absolute atomic E-state index is 12.4. The second-order valence-corrected chi connectivity index (χ2v) is 7.38. The van der Waals surface area contributed by atoms with E-state index in [1.807, 2.05) is 32.0 Å². The van der Waals surface area contributed by atoms with Crippen LogP contribution in [0.15, 0.2) is 36.5 Å². The third-order valence-corrected chi connectivity index (χ3v) is 4.63. The third kappa shape index (κ3) is 5.60.